The average molecular weight is 441 g/mol. The van der Waals surface area contributed by atoms with Crippen molar-refractivity contribution in [3.8, 4) is 11.5 Å². The molecule has 1 saturated heterocycles. The van der Waals surface area contributed by atoms with E-state index in [4.69, 9.17) is 9.47 Å². The Morgan fingerprint density at radius 2 is 1.81 bits per heavy atom. The Hall–Kier alpha value is -3.09. The van der Waals surface area contributed by atoms with Gasteiger partial charge >= 0.3 is 0 Å². The maximum absolute atomic E-state index is 13.4. The maximum Gasteiger partial charge on any atom is 0.225 e. The number of nitrogens with zero attached hydrogens (tertiary/aromatic N) is 1. The third-order valence-corrected chi connectivity index (χ3v) is 6.29. The summed E-state index contributed by atoms with van der Waals surface area (Å²) in [6, 6.07) is 11.9. The Kier molecular flexibility index (Phi) is 6.63. The summed E-state index contributed by atoms with van der Waals surface area (Å²) in [7, 11) is 3.18. The lowest BCUT2D eigenvalue weighted by Crippen LogP contribution is -2.48. The van der Waals surface area contributed by atoms with Crippen molar-refractivity contribution in [2.45, 2.75) is 31.7 Å². The highest BCUT2D eigenvalue weighted by Gasteiger charge is 2.40. The van der Waals surface area contributed by atoms with E-state index in [1.54, 1.807) is 26.4 Å². The van der Waals surface area contributed by atoms with Gasteiger partial charge in [0.2, 0.25) is 11.8 Å². The van der Waals surface area contributed by atoms with Crippen LogP contribution in [0.25, 0.3) is 0 Å². The van der Waals surface area contributed by atoms with Gasteiger partial charge in [-0.2, -0.15) is 0 Å². The van der Waals surface area contributed by atoms with E-state index < -0.39 is 0 Å². The van der Waals surface area contributed by atoms with Gasteiger partial charge in [-0.3, -0.25) is 9.59 Å². The normalized spacial score (nSPS) is 20.5. The molecule has 1 N–H and O–H groups in total. The first-order valence-corrected chi connectivity index (χ1v) is 11.0. The molecule has 1 aliphatic heterocycles. The Morgan fingerprint density at radius 1 is 1.03 bits per heavy atom. The van der Waals surface area contributed by atoms with E-state index in [2.05, 4.69) is 5.32 Å². The van der Waals surface area contributed by atoms with Gasteiger partial charge in [-0.25, -0.2) is 4.39 Å². The zero-order valence-electron chi connectivity index (χ0n) is 18.5. The van der Waals surface area contributed by atoms with Crippen LogP contribution in [0.2, 0.25) is 0 Å². The molecule has 7 heteroatoms. The molecule has 1 aliphatic carbocycles. The van der Waals surface area contributed by atoms with Gasteiger partial charge in [-0.15, -0.1) is 0 Å². The Balaban J connectivity index is 1.51. The summed E-state index contributed by atoms with van der Waals surface area (Å²) in [5, 5.41) is 2.92. The molecular weight excluding hydrogens is 411 g/mol. The first-order chi connectivity index (χ1) is 15.5. The van der Waals surface area contributed by atoms with Crippen molar-refractivity contribution in [3.05, 3.63) is 59.4 Å². The van der Waals surface area contributed by atoms with Crippen LogP contribution in [-0.2, 0) is 16.1 Å². The van der Waals surface area contributed by atoms with Crippen LogP contribution in [0.15, 0.2) is 42.5 Å². The van der Waals surface area contributed by atoms with Gasteiger partial charge in [0, 0.05) is 31.5 Å². The Morgan fingerprint density at radius 3 is 2.50 bits per heavy atom. The molecule has 2 fully saturated rings. The number of ether oxygens (including phenoxy) is 2. The fourth-order valence-corrected chi connectivity index (χ4v) is 4.39. The zero-order valence-corrected chi connectivity index (χ0v) is 18.5. The van der Waals surface area contributed by atoms with Crippen molar-refractivity contribution in [1.82, 2.24) is 10.2 Å². The van der Waals surface area contributed by atoms with Crippen LogP contribution in [0.1, 0.15) is 36.3 Å². The van der Waals surface area contributed by atoms with Crippen molar-refractivity contribution < 1.29 is 23.5 Å². The molecule has 0 radical (unpaired) electrons. The predicted molar refractivity (Wildman–Crippen MR) is 118 cm³/mol. The molecule has 170 valence electrons. The minimum absolute atomic E-state index is 0.0103. The summed E-state index contributed by atoms with van der Waals surface area (Å²) in [6.45, 7) is 1.25. The second-order valence-electron chi connectivity index (χ2n) is 8.61. The molecule has 2 aromatic carbocycles. The van der Waals surface area contributed by atoms with Gasteiger partial charge < -0.3 is 19.7 Å². The summed E-state index contributed by atoms with van der Waals surface area (Å²) in [4.78, 5) is 27.7. The van der Waals surface area contributed by atoms with E-state index in [1.807, 2.05) is 23.1 Å². The highest BCUT2D eigenvalue weighted by atomic mass is 19.1. The Bertz CT molecular complexity index is 992. The van der Waals surface area contributed by atoms with Crippen molar-refractivity contribution >= 4 is 11.8 Å². The number of halogens is 1. The maximum atomic E-state index is 13.4. The molecule has 6 nitrogen and oxygen atoms in total. The van der Waals surface area contributed by atoms with Gasteiger partial charge in [-0.1, -0.05) is 18.2 Å². The average Bonchev–Trinajstić information content (AvgIpc) is 3.67. The molecule has 0 spiro atoms. The summed E-state index contributed by atoms with van der Waals surface area (Å²) in [5.74, 6) is 0.727. The van der Waals surface area contributed by atoms with Crippen molar-refractivity contribution in [3.63, 3.8) is 0 Å². The first kappa shape index (κ1) is 22.1. The summed E-state index contributed by atoms with van der Waals surface area (Å²) >= 11 is 0. The molecular formula is C25H29FN2O4. The summed E-state index contributed by atoms with van der Waals surface area (Å²) in [5.41, 5.74) is 1.72. The fourth-order valence-electron chi connectivity index (χ4n) is 4.39. The number of rotatable bonds is 7. The number of amides is 2. The van der Waals surface area contributed by atoms with Crippen LogP contribution in [0.3, 0.4) is 0 Å². The van der Waals surface area contributed by atoms with Gasteiger partial charge in [0.05, 0.1) is 20.1 Å². The monoisotopic (exact) mass is 440 g/mol. The van der Waals surface area contributed by atoms with Crippen molar-refractivity contribution in [2.75, 3.05) is 27.3 Å². The smallest absolute Gasteiger partial charge is 0.225 e. The number of benzene rings is 2. The second-order valence-corrected chi connectivity index (χ2v) is 8.61. The number of hydrogen-bond donors (Lipinski definition) is 1. The molecule has 0 aromatic heterocycles. The summed E-state index contributed by atoms with van der Waals surface area (Å²) < 4.78 is 24.2. The molecule has 2 aliphatic rings. The van der Waals surface area contributed by atoms with Crippen LogP contribution in [0.4, 0.5) is 4.39 Å². The van der Waals surface area contributed by atoms with Crippen LogP contribution >= 0.6 is 0 Å². The standard InChI is InChI=1S/C25H29FN2O4/c1-31-22-9-8-18(12-23(22)32-2)19-11-20(15-28(14-19)25(30)17-6-7-17)24(29)27-13-16-4-3-5-21(26)10-16/h3-5,8-10,12,17,19-20H,6-7,11,13-15H2,1-2H3,(H,27,29). The minimum atomic E-state index is -0.335. The molecule has 2 amide bonds. The first-order valence-electron chi connectivity index (χ1n) is 11.0. The predicted octanol–water partition coefficient (Wildman–Crippen LogP) is 3.50. The molecule has 0 bridgehead atoms. The van der Waals surface area contributed by atoms with Gasteiger partial charge in [0.25, 0.3) is 0 Å². The topological polar surface area (TPSA) is 67.9 Å². The number of nitrogens with one attached hydrogen (secondary N) is 1. The molecule has 2 atom stereocenters. The number of carbonyl (C=O) groups excluding carboxylic acids is 2. The lowest BCUT2D eigenvalue weighted by atomic mass is 9.83. The lowest BCUT2D eigenvalue weighted by molar-refractivity contribution is -0.137. The number of piperidine rings is 1. The third-order valence-electron chi connectivity index (χ3n) is 6.29. The highest BCUT2D eigenvalue weighted by molar-refractivity contribution is 5.83. The molecule has 4 rings (SSSR count). The highest BCUT2D eigenvalue weighted by Crippen LogP contribution is 2.38. The summed E-state index contributed by atoms with van der Waals surface area (Å²) in [6.07, 6.45) is 2.47. The van der Waals surface area contributed by atoms with Crippen LogP contribution < -0.4 is 14.8 Å². The van der Waals surface area contributed by atoms with E-state index >= 15 is 0 Å². The Labute approximate surface area is 187 Å². The van der Waals surface area contributed by atoms with E-state index in [0.717, 1.165) is 18.4 Å². The number of carbonyl (C=O) groups is 2. The second kappa shape index (κ2) is 9.59. The van der Waals surface area contributed by atoms with Gasteiger partial charge in [-0.05, 0) is 54.7 Å². The van der Waals surface area contributed by atoms with Crippen LogP contribution in [0.5, 0.6) is 11.5 Å². The quantitative estimate of drug-likeness (QED) is 0.716. The van der Waals surface area contributed by atoms with Crippen molar-refractivity contribution in [1.29, 1.82) is 0 Å². The lowest BCUT2D eigenvalue weighted by Gasteiger charge is -2.37. The third kappa shape index (κ3) is 5.03. The van der Waals surface area contributed by atoms with Crippen molar-refractivity contribution in [2.24, 2.45) is 11.8 Å². The van der Waals surface area contributed by atoms with Gasteiger partial charge in [0.1, 0.15) is 5.82 Å². The van der Waals surface area contributed by atoms with Gasteiger partial charge in [0.15, 0.2) is 11.5 Å². The zero-order chi connectivity index (χ0) is 22.7. The molecule has 2 aromatic rings. The van der Waals surface area contributed by atoms with E-state index in [-0.39, 0.29) is 41.9 Å². The molecule has 1 saturated carbocycles. The fraction of sp³-hybridized carbons (Fsp3) is 0.440. The molecule has 1 heterocycles. The van der Waals surface area contributed by atoms with E-state index in [9.17, 15) is 14.0 Å². The molecule has 32 heavy (non-hydrogen) atoms. The van der Waals surface area contributed by atoms with Crippen LogP contribution in [-0.4, -0.2) is 44.0 Å². The van der Waals surface area contributed by atoms with Crippen LogP contribution in [0, 0.1) is 17.7 Å². The van der Waals surface area contributed by atoms with E-state index in [1.165, 1.54) is 12.1 Å². The number of likely N-dealkylation sites (tertiary alicyclic amines) is 1. The number of hydrogen-bond acceptors (Lipinski definition) is 4. The number of methoxy groups -OCH3 is 2. The largest absolute Gasteiger partial charge is 0.493 e. The SMILES string of the molecule is COc1ccc(C2CC(C(=O)NCc3cccc(F)c3)CN(C(=O)C3CC3)C2)cc1OC. The molecule has 2 unspecified atom stereocenters. The van der Waals surface area contributed by atoms with E-state index in [0.29, 0.717) is 36.6 Å². The minimum Gasteiger partial charge on any atom is -0.493 e.